The average Bonchev–Trinajstić information content (AvgIpc) is 2.76. The van der Waals surface area contributed by atoms with Crippen LogP contribution in [0.3, 0.4) is 0 Å². The summed E-state index contributed by atoms with van der Waals surface area (Å²) in [6, 6.07) is 21.2. The van der Waals surface area contributed by atoms with Gasteiger partial charge in [-0.15, -0.1) is 0 Å². The van der Waals surface area contributed by atoms with Crippen LogP contribution in [-0.4, -0.2) is 14.2 Å². The maximum Gasteiger partial charge on any atom is 0.161 e. The first-order chi connectivity index (χ1) is 14.1. The highest BCUT2D eigenvalue weighted by atomic mass is 19.1. The highest BCUT2D eigenvalue weighted by molar-refractivity contribution is 5.90. The number of halogens is 1. The van der Waals surface area contributed by atoms with Gasteiger partial charge in [0, 0.05) is 0 Å². The highest BCUT2D eigenvalue weighted by Crippen LogP contribution is 2.30. The molecule has 0 N–H and O–H groups in total. The van der Waals surface area contributed by atoms with E-state index in [2.05, 4.69) is 6.07 Å². The first-order valence-electron chi connectivity index (χ1n) is 8.94. The molecule has 0 aromatic heterocycles. The summed E-state index contributed by atoms with van der Waals surface area (Å²) in [7, 11) is 3.15. The molecule has 0 radical (unpaired) electrons. The summed E-state index contributed by atoms with van der Waals surface area (Å²) in [5, 5.41) is 9.54. The van der Waals surface area contributed by atoms with Gasteiger partial charge >= 0.3 is 0 Å². The fraction of sp³-hybridized carbons (Fsp3) is 0.125. The molecule has 0 saturated carbocycles. The maximum absolute atomic E-state index is 13.3. The Morgan fingerprint density at radius 2 is 1.76 bits per heavy atom. The van der Waals surface area contributed by atoms with Crippen LogP contribution in [0.1, 0.15) is 16.7 Å². The summed E-state index contributed by atoms with van der Waals surface area (Å²) in [5.74, 6) is 1.49. The van der Waals surface area contributed by atoms with E-state index in [4.69, 9.17) is 14.2 Å². The van der Waals surface area contributed by atoms with Crippen LogP contribution in [0.15, 0.2) is 66.7 Å². The SMILES string of the molecule is COc1ccc(/C(C#N)=C/c2ccc(OCc3cccc(F)c3)c(OC)c2)cc1. The third kappa shape index (κ3) is 5.14. The summed E-state index contributed by atoms with van der Waals surface area (Å²) in [6.45, 7) is 0.221. The van der Waals surface area contributed by atoms with E-state index in [-0.39, 0.29) is 12.4 Å². The normalized spacial score (nSPS) is 10.9. The van der Waals surface area contributed by atoms with Gasteiger partial charge in [0.2, 0.25) is 0 Å². The summed E-state index contributed by atoms with van der Waals surface area (Å²) in [6.07, 6.45) is 1.78. The maximum atomic E-state index is 13.3. The largest absolute Gasteiger partial charge is 0.497 e. The van der Waals surface area contributed by atoms with Crippen LogP contribution in [0, 0.1) is 17.1 Å². The Balaban J connectivity index is 1.81. The lowest BCUT2D eigenvalue weighted by molar-refractivity contribution is 0.284. The van der Waals surface area contributed by atoms with Crippen molar-refractivity contribution in [1.82, 2.24) is 0 Å². The van der Waals surface area contributed by atoms with Gasteiger partial charge in [-0.1, -0.05) is 18.2 Å². The summed E-state index contributed by atoms with van der Waals surface area (Å²) >= 11 is 0. The Morgan fingerprint density at radius 3 is 2.41 bits per heavy atom. The number of ether oxygens (including phenoxy) is 3. The smallest absolute Gasteiger partial charge is 0.161 e. The van der Waals surface area contributed by atoms with Crippen LogP contribution >= 0.6 is 0 Å². The molecule has 0 atom stereocenters. The molecule has 0 aliphatic carbocycles. The molecule has 0 aliphatic rings. The predicted molar refractivity (Wildman–Crippen MR) is 110 cm³/mol. The summed E-state index contributed by atoms with van der Waals surface area (Å²) in [5.41, 5.74) is 2.83. The molecule has 0 saturated heterocycles. The van der Waals surface area contributed by atoms with Gasteiger partial charge in [0.05, 0.1) is 25.9 Å². The molecule has 0 bridgehead atoms. The highest BCUT2D eigenvalue weighted by Gasteiger charge is 2.08. The van der Waals surface area contributed by atoms with Gasteiger partial charge in [-0.2, -0.15) is 5.26 Å². The molecule has 5 heteroatoms. The fourth-order valence-electron chi connectivity index (χ4n) is 2.80. The first-order valence-corrected chi connectivity index (χ1v) is 8.94. The molecule has 4 nitrogen and oxygen atoms in total. The van der Waals surface area contributed by atoms with E-state index in [1.165, 1.54) is 12.1 Å². The lowest BCUT2D eigenvalue weighted by Crippen LogP contribution is -1.98. The Labute approximate surface area is 169 Å². The molecule has 0 fully saturated rings. The van der Waals surface area contributed by atoms with Crippen molar-refractivity contribution < 1.29 is 18.6 Å². The van der Waals surface area contributed by atoms with Crippen LogP contribution in [0.5, 0.6) is 17.2 Å². The number of benzene rings is 3. The van der Waals surface area contributed by atoms with Crippen molar-refractivity contribution in [3.8, 4) is 23.3 Å². The minimum Gasteiger partial charge on any atom is -0.497 e. The van der Waals surface area contributed by atoms with Gasteiger partial charge in [-0.25, -0.2) is 4.39 Å². The van der Waals surface area contributed by atoms with E-state index >= 15 is 0 Å². The van der Waals surface area contributed by atoms with Crippen molar-refractivity contribution in [2.24, 2.45) is 0 Å². The Morgan fingerprint density at radius 1 is 0.966 bits per heavy atom. The van der Waals surface area contributed by atoms with Crippen LogP contribution in [0.4, 0.5) is 4.39 Å². The van der Waals surface area contributed by atoms with E-state index in [9.17, 15) is 9.65 Å². The van der Waals surface area contributed by atoms with Gasteiger partial charge in [0.1, 0.15) is 18.2 Å². The Kier molecular flexibility index (Phi) is 6.49. The second-order valence-electron chi connectivity index (χ2n) is 6.23. The van der Waals surface area contributed by atoms with Crippen molar-refractivity contribution in [1.29, 1.82) is 5.26 Å². The van der Waals surface area contributed by atoms with Crippen LogP contribution in [-0.2, 0) is 6.61 Å². The zero-order valence-electron chi connectivity index (χ0n) is 16.2. The minimum atomic E-state index is -0.305. The van der Waals surface area contributed by atoms with Crippen molar-refractivity contribution in [2.75, 3.05) is 14.2 Å². The minimum absolute atomic E-state index is 0.221. The molecule has 3 aromatic rings. The lowest BCUT2D eigenvalue weighted by Gasteiger charge is -2.12. The number of nitrogens with zero attached hydrogens (tertiary/aromatic N) is 1. The van der Waals surface area contributed by atoms with E-state index in [0.717, 1.165) is 22.4 Å². The molecular weight excluding hydrogens is 369 g/mol. The second-order valence-corrected chi connectivity index (χ2v) is 6.23. The number of nitriles is 1. The molecule has 3 rings (SSSR count). The van der Waals surface area contributed by atoms with Gasteiger partial charge in [-0.3, -0.25) is 0 Å². The molecule has 146 valence electrons. The second kappa shape index (κ2) is 9.43. The average molecular weight is 389 g/mol. The standard InChI is InChI=1S/C24H20FNO3/c1-27-22-9-7-19(8-10-22)20(15-26)12-17-6-11-23(24(14-17)28-2)29-16-18-4-3-5-21(25)13-18/h3-14H,16H2,1-2H3/b20-12+. The number of hydrogen-bond donors (Lipinski definition) is 0. The van der Waals surface area contributed by atoms with Crippen molar-refractivity contribution >= 4 is 11.6 Å². The van der Waals surface area contributed by atoms with Crippen LogP contribution < -0.4 is 14.2 Å². The molecule has 0 unspecified atom stereocenters. The van der Waals surface area contributed by atoms with E-state index in [1.807, 2.05) is 30.3 Å². The molecule has 0 amide bonds. The van der Waals surface area contributed by atoms with Gasteiger partial charge in [-0.05, 0) is 71.3 Å². The zero-order valence-corrected chi connectivity index (χ0v) is 16.2. The quantitative estimate of drug-likeness (QED) is 0.396. The van der Waals surface area contributed by atoms with Crippen LogP contribution in [0.2, 0.25) is 0 Å². The number of allylic oxidation sites excluding steroid dienone is 1. The monoisotopic (exact) mass is 389 g/mol. The third-order valence-electron chi connectivity index (χ3n) is 4.30. The fourth-order valence-corrected chi connectivity index (χ4v) is 2.80. The topological polar surface area (TPSA) is 51.5 Å². The molecular formula is C24H20FNO3. The molecule has 29 heavy (non-hydrogen) atoms. The number of rotatable bonds is 7. The van der Waals surface area contributed by atoms with Gasteiger partial charge in [0.15, 0.2) is 11.5 Å². The van der Waals surface area contributed by atoms with E-state index in [1.54, 1.807) is 44.6 Å². The summed E-state index contributed by atoms with van der Waals surface area (Å²) in [4.78, 5) is 0. The molecule has 3 aromatic carbocycles. The van der Waals surface area contributed by atoms with E-state index in [0.29, 0.717) is 17.1 Å². The van der Waals surface area contributed by atoms with Crippen LogP contribution in [0.25, 0.3) is 11.6 Å². The Bertz CT molecular complexity index is 1050. The lowest BCUT2D eigenvalue weighted by atomic mass is 10.0. The molecule has 0 aliphatic heterocycles. The predicted octanol–water partition coefficient (Wildman–Crippen LogP) is 5.49. The summed E-state index contributed by atoms with van der Waals surface area (Å²) < 4.78 is 29.7. The third-order valence-corrected chi connectivity index (χ3v) is 4.30. The molecule has 0 heterocycles. The Hall–Kier alpha value is -3.78. The zero-order chi connectivity index (χ0) is 20.6. The van der Waals surface area contributed by atoms with Crippen molar-refractivity contribution in [3.05, 3.63) is 89.2 Å². The van der Waals surface area contributed by atoms with E-state index < -0.39 is 0 Å². The molecule has 0 spiro atoms. The first kappa shape index (κ1) is 20.0. The van der Waals surface area contributed by atoms with Gasteiger partial charge in [0.25, 0.3) is 0 Å². The number of hydrogen-bond acceptors (Lipinski definition) is 4. The van der Waals surface area contributed by atoms with Gasteiger partial charge < -0.3 is 14.2 Å². The number of methoxy groups -OCH3 is 2. The van der Waals surface area contributed by atoms with Crippen molar-refractivity contribution in [2.45, 2.75) is 6.61 Å². The van der Waals surface area contributed by atoms with Crippen molar-refractivity contribution in [3.63, 3.8) is 0 Å².